The van der Waals surface area contributed by atoms with Crippen LogP contribution < -0.4 is 5.32 Å². The van der Waals surface area contributed by atoms with Crippen LogP contribution in [0.25, 0.3) is 0 Å². The lowest BCUT2D eigenvalue weighted by molar-refractivity contribution is 0.0967. The first kappa shape index (κ1) is 9.26. The molecule has 1 rings (SSSR count). The summed E-state index contributed by atoms with van der Waals surface area (Å²) in [6.45, 7) is 2.14. The largest absolute Gasteiger partial charge is 0.354 e. The molecule has 3 heteroatoms. The Morgan fingerprint density at radius 2 is 2.33 bits per heavy atom. The molecule has 0 spiro atoms. The van der Waals surface area contributed by atoms with Gasteiger partial charge in [0, 0.05) is 11.9 Å². The molecule has 0 aliphatic heterocycles. The van der Waals surface area contributed by atoms with Crippen molar-refractivity contribution in [2.75, 3.05) is 7.05 Å². The van der Waals surface area contributed by atoms with Gasteiger partial charge in [-0.1, -0.05) is 13.3 Å². The molecule has 1 aromatic heterocycles. The van der Waals surface area contributed by atoms with E-state index in [1.165, 1.54) is 4.88 Å². The van der Waals surface area contributed by atoms with E-state index >= 15 is 0 Å². The van der Waals surface area contributed by atoms with E-state index < -0.39 is 0 Å². The monoisotopic (exact) mass is 183 g/mol. The van der Waals surface area contributed by atoms with E-state index in [1.54, 1.807) is 18.4 Å². The molecule has 1 N–H and O–H groups in total. The zero-order valence-corrected chi connectivity index (χ0v) is 8.20. The van der Waals surface area contributed by atoms with Gasteiger partial charge in [0.05, 0.1) is 4.88 Å². The van der Waals surface area contributed by atoms with Crippen LogP contribution >= 0.6 is 11.3 Å². The summed E-state index contributed by atoms with van der Waals surface area (Å²) in [4.78, 5) is 13.2. The Hall–Kier alpha value is -0.830. The molecule has 0 fully saturated rings. The molecule has 0 radical (unpaired) electrons. The molecule has 0 aliphatic carbocycles. The predicted molar refractivity (Wildman–Crippen MR) is 51.7 cm³/mol. The zero-order chi connectivity index (χ0) is 8.97. The molecule has 1 aromatic rings. The standard InChI is InChI=1S/C9H13NOS/c1-3-4-7-5-6-8(12-7)9(11)10-2/h5-6H,3-4H2,1-2H3,(H,10,11). The number of rotatable bonds is 3. The number of carbonyl (C=O) groups excluding carboxylic acids is 1. The smallest absolute Gasteiger partial charge is 0.261 e. The third-order valence-corrected chi connectivity index (χ3v) is 2.75. The lowest BCUT2D eigenvalue weighted by Gasteiger charge is -1.92. The number of aryl methyl sites for hydroxylation is 1. The average molecular weight is 183 g/mol. The normalized spacial score (nSPS) is 9.83. The number of hydrogen-bond acceptors (Lipinski definition) is 2. The minimum absolute atomic E-state index is 0.0161. The van der Waals surface area contributed by atoms with Crippen LogP contribution in [-0.4, -0.2) is 13.0 Å². The summed E-state index contributed by atoms with van der Waals surface area (Å²) in [5, 5.41) is 2.61. The third kappa shape index (κ3) is 2.08. The molecule has 1 amide bonds. The van der Waals surface area contributed by atoms with Gasteiger partial charge in [0.25, 0.3) is 5.91 Å². The van der Waals surface area contributed by atoms with Crippen LogP contribution in [0.15, 0.2) is 12.1 Å². The molecule has 66 valence electrons. The number of amides is 1. The van der Waals surface area contributed by atoms with Crippen molar-refractivity contribution in [1.82, 2.24) is 5.32 Å². The number of thiophene rings is 1. The van der Waals surface area contributed by atoms with Gasteiger partial charge in [-0.05, 0) is 18.6 Å². The van der Waals surface area contributed by atoms with Crippen LogP contribution in [0.5, 0.6) is 0 Å². The molecule has 1 heterocycles. The van der Waals surface area contributed by atoms with Crippen molar-refractivity contribution in [2.45, 2.75) is 19.8 Å². The minimum atomic E-state index is 0.0161. The fraction of sp³-hybridized carbons (Fsp3) is 0.444. The first-order valence-corrected chi connectivity index (χ1v) is 4.90. The summed E-state index contributed by atoms with van der Waals surface area (Å²) < 4.78 is 0. The van der Waals surface area contributed by atoms with E-state index in [-0.39, 0.29) is 5.91 Å². The van der Waals surface area contributed by atoms with Gasteiger partial charge in [0.15, 0.2) is 0 Å². The maximum absolute atomic E-state index is 11.1. The summed E-state index contributed by atoms with van der Waals surface area (Å²) in [5.74, 6) is 0.0161. The molecule has 0 unspecified atom stereocenters. The van der Waals surface area contributed by atoms with Crippen molar-refractivity contribution in [3.05, 3.63) is 21.9 Å². The van der Waals surface area contributed by atoms with Gasteiger partial charge in [-0.3, -0.25) is 4.79 Å². The predicted octanol–water partition coefficient (Wildman–Crippen LogP) is 2.06. The number of hydrogen-bond donors (Lipinski definition) is 1. The fourth-order valence-electron chi connectivity index (χ4n) is 1.00. The van der Waals surface area contributed by atoms with Gasteiger partial charge in [0.2, 0.25) is 0 Å². The maximum atomic E-state index is 11.1. The van der Waals surface area contributed by atoms with E-state index in [1.807, 2.05) is 12.1 Å². The fourth-order valence-corrected chi connectivity index (χ4v) is 2.06. The van der Waals surface area contributed by atoms with E-state index in [0.29, 0.717) is 0 Å². The SMILES string of the molecule is CCCc1ccc(C(=O)NC)s1. The van der Waals surface area contributed by atoms with Crippen molar-refractivity contribution in [3.8, 4) is 0 Å². The van der Waals surface area contributed by atoms with Gasteiger partial charge in [-0.15, -0.1) is 11.3 Å². The lowest BCUT2D eigenvalue weighted by atomic mass is 10.3. The molecule has 0 saturated carbocycles. The van der Waals surface area contributed by atoms with E-state index in [9.17, 15) is 4.79 Å². The van der Waals surface area contributed by atoms with Gasteiger partial charge in [-0.2, -0.15) is 0 Å². The summed E-state index contributed by atoms with van der Waals surface area (Å²) >= 11 is 1.58. The topological polar surface area (TPSA) is 29.1 Å². The molecule has 0 bridgehead atoms. The van der Waals surface area contributed by atoms with Crippen LogP contribution in [0.2, 0.25) is 0 Å². The second-order valence-electron chi connectivity index (χ2n) is 2.60. The lowest BCUT2D eigenvalue weighted by Crippen LogP contribution is -2.15. The Bertz CT molecular complexity index is 267. The Balaban J connectivity index is 2.70. The molecule has 0 aliphatic rings. The molecule has 12 heavy (non-hydrogen) atoms. The Labute approximate surface area is 76.6 Å². The number of carbonyl (C=O) groups is 1. The van der Waals surface area contributed by atoms with Crippen molar-refractivity contribution in [2.24, 2.45) is 0 Å². The molecule has 0 saturated heterocycles. The molecular weight excluding hydrogens is 170 g/mol. The highest BCUT2D eigenvalue weighted by Crippen LogP contribution is 2.17. The molecule has 0 atom stereocenters. The molecule has 0 aromatic carbocycles. The van der Waals surface area contributed by atoms with E-state index in [4.69, 9.17) is 0 Å². The summed E-state index contributed by atoms with van der Waals surface area (Å²) in [5.41, 5.74) is 0. The second kappa shape index (κ2) is 4.26. The average Bonchev–Trinajstić information content (AvgIpc) is 2.52. The van der Waals surface area contributed by atoms with Crippen molar-refractivity contribution in [1.29, 1.82) is 0 Å². The van der Waals surface area contributed by atoms with Gasteiger partial charge < -0.3 is 5.32 Å². The summed E-state index contributed by atoms with van der Waals surface area (Å²) in [7, 11) is 1.65. The Kier molecular flexibility index (Phi) is 3.29. The van der Waals surface area contributed by atoms with Crippen molar-refractivity contribution in [3.63, 3.8) is 0 Å². The highest BCUT2D eigenvalue weighted by atomic mass is 32.1. The first-order chi connectivity index (χ1) is 5.77. The van der Waals surface area contributed by atoms with E-state index in [2.05, 4.69) is 12.2 Å². The van der Waals surface area contributed by atoms with Gasteiger partial charge in [0.1, 0.15) is 0 Å². The van der Waals surface area contributed by atoms with Crippen LogP contribution in [0.1, 0.15) is 27.9 Å². The maximum Gasteiger partial charge on any atom is 0.261 e. The summed E-state index contributed by atoms with van der Waals surface area (Å²) in [6, 6.07) is 3.91. The second-order valence-corrected chi connectivity index (χ2v) is 3.76. The minimum Gasteiger partial charge on any atom is -0.354 e. The zero-order valence-electron chi connectivity index (χ0n) is 7.39. The highest BCUT2D eigenvalue weighted by Gasteiger charge is 2.05. The Morgan fingerprint density at radius 1 is 1.58 bits per heavy atom. The first-order valence-electron chi connectivity index (χ1n) is 4.08. The van der Waals surface area contributed by atoms with Gasteiger partial charge >= 0.3 is 0 Å². The third-order valence-electron chi connectivity index (χ3n) is 1.61. The molecular formula is C9H13NOS. The van der Waals surface area contributed by atoms with Gasteiger partial charge in [-0.25, -0.2) is 0 Å². The van der Waals surface area contributed by atoms with E-state index in [0.717, 1.165) is 17.7 Å². The quantitative estimate of drug-likeness (QED) is 0.763. The molecule has 2 nitrogen and oxygen atoms in total. The van der Waals surface area contributed by atoms with Crippen LogP contribution in [0.4, 0.5) is 0 Å². The van der Waals surface area contributed by atoms with Crippen molar-refractivity contribution < 1.29 is 4.79 Å². The highest BCUT2D eigenvalue weighted by molar-refractivity contribution is 7.14. The van der Waals surface area contributed by atoms with Crippen LogP contribution in [0.3, 0.4) is 0 Å². The number of nitrogens with one attached hydrogen (secondary N) is 1. The summed E-state index contributed by atoms with van der Waals surface area (Å²) in [6.07, 6.45) is 2.20. The van der Waals surface area contributed by atoms with Crippen LogP contribution in [-0.2, 0) is 6.42 Å². The van der Waals surface area contributed by atoms with Crippen LogP contribution in [0, 0.1) is 0 Å². The van der Waals surface area contributed by atoms with Crippen molar-refractivity contribution >= 4 is 17.2 Å². The Morgan fingerprint density at radius 3 is 2.92 bits per heavy atom.